The zero-order valence-electron chi connectivity index (χ0n) is 15.8. The lowest BCUT2D eigenvalue weighted by atomic mass is 9.85. The molecule has 166 valence electrons. The van der Waals surface area contributed by atoms with Gasteiger partial charge in [0, 0.05) is 31.1 Å². The summed E-state index contributed by atoms with van der Waals surface area (Å²) < 4.78 is 63.0. The van der Waals surface area contributed by atoms with Gasteiger partial charge in [0.25, 0.3) is 0 Å². The van der Waals surface area contributed by atoms with Gasteiger partial charge < -0.3 is 16.2 Å². The molecule has 1 fully saturated rings. The average molecular weight is 442 g/mol. The Morgan fingerprint density at radius 2 is 2.03 bits per heavy atom. The van der Waals surface area contributed by atoms with E-state index in [9.17, 15) is 36.3 Å². The molecule has 0 bridgehead atoms. The van der Waals surface area contributed by atoms with Crippen LogP contribution < -0.4 is 15.8 Å². The van der Waals surface area contributed by atoms with Gasteiger partial charge in [0.05, 0.1) is 12.1 Å². The zero-order chi connectivity index (χ0) is 22.0. The van der Waals surface area contributed by atoms with Crippen molar-refractivity contribution in [3.8, 4) is 0 Å². The van der Waals surface area contributed by atoms with Gasteiger partial charge in [0.1, 0.15) is 0 Å². The van der Waals surface area contributed by atoms with Crippen molar-refractivity contribution in [2.24, 2.45) is 5.73 Å². The number of rotatable bonds is 6. The number of alkyl halides is 3. The van der Waals surface area contributed by atoms with Crippen LogP contribution in [-0.4, -0.2) is 79.5 Å². The predicted octanol–water partition coefficient (Wildman–Crippen LogP) is -0.452. The summed E-state index contributed by atoms with van der Waals surface area (Å²) in [5.41, 5.74) is 6.15. The van der Waals surface area contributed by atoms with E-state index in [2.05, 4.69) is 10.0 Å². The third-order valence-electron chi connectivity index (χ3n) is 4.88. The van der Waals surface area contributed by atoms with Crippen molar-refractivity contribution in [3.05, 3.63) is 11.6 Å². The highest BCUT2D eigenvalue weighted by Crippen LogP contribution is 2.26. The van der Waals surface area contributed by atoms with E-state index in [4.69, 9.17) is 5.73 Å². The minimum absolute atomic E-state index is 0.0479. The van der Waals surface area contributed by atoms with E-state index in [1.165, 1.54) is 13.0 Å². The Bertz CT molecular complexity index is 771. The van der Waals surface area contributed by atoms with Gasteiger partial charge in [-0.25, -0.2) is 17.9 Å². The van der Waals surface area contributed by atoms with E-state index in [1.54, 1.807) is 4.90 Å². The van der Waals surface area contributed by atoms with E-state index >= 15 is 0 Å². The summed E-state index contributed by atoms with van der Waals surface area (Å²) in [4.78, 5) is 24.7. The number of piperidine rings is 1. The summed E-state index contributed by atoms with van der Waals surface area (Å²) in [6.07, 6.45) is -2.52. The SMILES string of the molecule is CC(=O)N[C@H]1[C@H](N2CCC[C@H](NS(=O)(=O)CC(F)(F)F)C2)C=C(C(=O)O)C[C@@H]1N. The fraction of sp³-hybridized carbons (Fsp3) is 0.750. The number of hydrogen-bond donors (Lipinski definition) is 4. The van der Waals surface area contributed by atoms with Crippen LogP contribution in [0.2, 0.25) is 0 Å². The van der Waals surface area contributed by atoms with Gasteiger partial charge in [-0.3, -0.25) is 9.69 Å². The normalized spacial score (nSPS) is 29.2. The smallest absolute Gasteiger partial charge is 0.404 e. The van der Waals surface area contributed by atoms with Crippen molar-refractivity contribution < 1.29 is 36.3 Å². The summed E-state index contributed by atoms with van der Waals surface area (Å²) >= 11 is 0. The maximum absolute atomic E-state index is 12.5. The van der Waals surface area contributed by atoms with Crippen molar-refractivity contribution >= 4 is 21.9 Å². The molecule has 2 aliphatic rings. The van der Waals surface area contributed by atoms with Gasteiger partial charge in [-0.2, -0.15) is 13.2 Å². The Morgan fingerprint density at radius 1 is 1.38 bits per heavy atom. The summed E-state index contributed by atoms with van der Waals surface area (Å²) in [5, 5.41) is 12.0. The van der Waals surface area contributed by atoms with Crippen molar-refractivity contribution in [1.82, 2.24) is 14.9 Å². The second-order valence-corrected chi connectivity index (χ2v) is 9.16. The standard InChI is InChI=1S/C16H25F3N4O5S/c1-9(24)21-14-12(20)5-10(15(25)26)6-13(14)23-4-2-3-11(7-23)22-29(27,28)8-16(17,18)19/h6,11-14,22H,2-5,7-8,20H2,1H3,(H,21,24)(H,25,26)/t11-,12-,13+,14+/m0/s1. The second kappa shape index (κ2) is 8.98. The first-order chi connectivity index (χ1) is 13.3. The van der Waals surface area contributed by atoms with Gasteiger partial charge in [0.15, 0.2) is 5.75 Å². The van der Waals surface area contributed by atoms with Crippen molar-refractivity contribution in [3.63, 3.8) is 0 Å². The number of carbonyl (C=O) groups excluding carboxylic acids is 1. The van der Waals surface area contributed by atoms with Crippen LogP contribution in [0.4, 0.5) is 13.2 Å². The molecular weight excluding hydrogens is 417 g/mol. The van der Waals surface area contributed by atoms with Crippen LogP contribution in [0, 0.1) is 0 Å². The molecule has 9 nitrogen and oxygen atoms in total. The quantitative estimate of drug-likeness (QED) is 0.436. The molecule has 2 rings (SSSR count). The Labute approximate surface area is 166 Å². The third-order valence-corrected chi connectivity index (χ3v) is 6.28. The van der Waals surface area contributed by atoms with Gasteiger partial charge in [-0.15, -0.1) is 0 Å². The van der Waals surface area contributed by atoms with Crippen molar-refractivity contribution in [2.75, 3.05) is 18.8 Å². The number of hydrogen-bond acceptors (Lipinski definition) is 6. The number of carbonyl (C=O) groups is 2. The number of nitrogens with zero attached hydrogens (tertiary/aromatic N) is 1. The molecule has 13 heteroatoms. The highest BCUT2D eigenvalue weighted by molar-refractivity contribution is 7.89. The van der Waals surface area contributed by atoms with E-state index in [1.807, 2.05) is 0 Å². The molecule has 1 amide bonds. The van der Waals surface area contributed by atoms with Crippen LogP contribution >= 0.6 is 0 Å². The Kier molecular flexibility index (Phi) is 7.30. The summed E-state index contributed by atoms with van der Waals surface area (Å²) in [6.45, 7) is 1.81. The Balaban J connectivity index is 2.20. The number of likely N-dealkylation sites (tertiary alicyclic amines) is 1. The molecule has 0 spiro atoms. The molecule has 29 heavy (non-hydrogen) atoms. The first-order valence-electron chi connectivity index (χ1n) is 9.05. The molecule has 1 aliphatic heterocycles. The lowest BCUT2D eigenvalue weighted by Gasteiger charge is -2.44. The number of amides is 1. The van der Waals surface area contributed by atoms with Gasteiger partial charge in [-0.05, 0) is 25.8 Å². The van der Waals surface area contributed by atoms with E-state index in [-0.39, 0.29) is 24.4 Å². The molecule has 1 saturated heterocycles. The van der Waals surface area contributed by atoms with Crippen molar-refractivity contribution in [1.29, 1.82) is 0 Å². The number of sulfonamides is 1. The number of carboxylic acid groups (broad SMARTS) is 1. The molecule has 1 aliphatic carbocycles. The van der Waals surface area contributed by atoms with Gasteiger partial charge >= 0.3 is 12.1 Å². The number of nitrogens with two attached hydrogens (primary N) is 1. The summed E-state index contributed by atoms with van der Waals surface area (Å²) in [6, 6.07) is -2.68. The molecule has 0 unspecified atom stereocenters. The van der Waals surface area contributed by atoms with E-state index in [0.717, 1.165) is 0 Å². The van der Waals surface area contributed by atoms with E-state index in [0.29, 0.717) is 19.4 Å². The Hall–Kier alpha value is -1.70. The van der Waals surface area contributed by atoms with Crippen LogP contribution in [0.5, 0.6) is 0 Å². The molecule has 1 heterocycles. The number of nitrogens with one attached hydrogen (secondary N) is 2. The molecule has 0 aromatic heterocycles. The van der Waals surface area contributed by atoms with Crippen LogP contribution in [0.3, 0.4) is 0 Å². The predicted molar refractivity (Wildman–Crippen MR) is 97.3 cm³/mol. The highest BCUT2D eigenvalue weighted by atomic mass is 32.2. The second-order valence-electron chi connectivity index (χ2n) is 7.41. The molecule has 0 saturated carbocycles. The monoisotopic (exact) mass is 442 g/mol. The highest BCUT2D eigenvalue weighted by Gasteiger charge is 2.40. The minimum atomic E-state index is -4.86. The zero-order valence-corrected chi connectivity index (χ0v) is 16.6. The largest absolute Gasteiger partial charge is 0.478 e. The van der Waals surface area contributed by atoms with Crippen LogP contribution in [0.25, 0.3) is 0 Å². The molecule has 5 N–H and O–H groups in total. The lowest BCUT2D eigenvalue weighted by Crippen LogP contribution is -2.63. The molecule has 0 radical (unpaired) electrons. The number of aliphatic carboxylic acids is 1. The van der Waals surface area contributed by atoms with Crippen LogP contribution in [0.15, 0.2) is 11.6 Å². The molecule has 4 atom stereocenters. The fourth-order valence-electron chi connectivity index (χ4n) is 3.81. The summed E-state index contributed by atoms with van der Waals surface area (Å²) in [7, 11) is -4.57. The topological polar surface area (TPSA) is 142 Å². The number of halogens is 3. The van der Waals surface area contributed by atoms with Crippen LogP contribution in [0.1, 0.15) is 26.2 Å². The van der Waals surface area contributed by atoms with Gasteiger partial charge in [-0.1, -0.05) is 6.08 Å². The van der Waals surface area contributed by atoms with Crippen LogP contribution in [-0.2, 0) is 19.6 Å². The maximum Gasteiger partial charge on any atom is 0.404 e. The Morgan fingerprint density at radius 3 is 2.59 bits per heavy atom. The number of carboxylic acids is 1. The van der Waals surface area contributed by atoms with Crippen molar-refractivity contribution in [2.45, 2.75) is 56.5 Å². The molecular formula is C16H25F3N4O5S. The molecule has 0 aromatic carbocycles. The third kappa shape index (κ3) is 6.94. The summed E-state index contributed by atoms with van der Waals surface area (Å²) in [5.74, 6) is -3.48. The average Bonchev–Trinajstić information content (AvgIpc) is 2.53. The molecule has 0 aromatic rings. The minimum Gasteiger partial charge on any atom is -0.478 e. The van der Waals surface area contributed by atoms with Gasteiger partial charge in [0.2, 0.25) is 15.9 Å². The van der Waals surface area contributed by atoms with E-state index < -0.39 is 52.1 Å². The lowest BCUT2D eigenvalue weighted by molar-refractivity contribution is -0.133. The first-order valence-corrected chi connectivity index (χ1v) is 10.7. The fourth-order valence-corrected chi connectivity index (χ4v) is 5.03. The maximum atomic E-state index is 12.5. The first kappa shape index (κ1) is 23.6.